The lowest BCUT2D eigenvalue weighted by Gasteiger charge is -2.09. The maximum Gasteiger partial charge on any atom is 0.238 e. The maximum absolute atomic E-state index is 11.1. The molecule has 1 aromatic carbocycles. The van der Waals surface area contributed by atoms with Gasteiger partial charge in [-0.1, -0.05) is 12.1 Å². The molecule has 0 amide bonds. The van der Waals surface area contributed by atoms with Crippen molar-refractivity contribution < 1.29 is 13.2 Å². The van der Waals surface area contributed by atoms with Crippen LogP contribution in [0.5, 0.6) is 5.75 Å². The van der Waals surface area contributed by atoms with Gasteiger partial charge in [0.2, 0.25) is 10.0 Å². The molecule has 2 aromatic rings. The van der Waals surface area contributed by atoms with Gasteiger partial charge in [-0.15, -0.1) is 0 Å². The standard InChI is InChI=1S/C13H15N3O3S/c1-19-12-3-2-8-15-13(12)16-9-10-4-6-11(7-5-10)20(14,17)18/h2-8H,9H2,1H3,(H,15,16)(H2,14,17,18). The average Bonchev–Trinajstić information content (AvgIpc) is 2.45. The number of aromatic nitrogens is 1. The first-order valence-corrected chi connectivity index (χ1v) is 7.40. The van der Waals surface area contributed by atoms with Crippen LogP contribution in [0.4, 0.5) is 5.82 Å². The minimum absolute atomic E-state index is 0.0941. The number of sulfonamides is 1. The van der Waals surface area contributed by atoms with Crippen molar-refractivity contribution in [3.05, 3.63) is 48.2 Å². The van der Waals surface area contributed by atoms with Crippen molar-refractivity contribution in [2.45, 2.75) is 11.4 Å². The van der Waals surface area contributed by atoms with Gasteiger partial charge in [0.1, 0.15) is 0 Å². The number of primary sulfonamides is 1. The van der Waals surface area contributed by atoms with Crippen molar-refractivity contribution in [3.8, 4) is 5.75 Å². The minimum atomic E-state index is -3.65. The fourth-order valence-electron chi connectivity index (χ4n) is 1.67. The molecule has 3 N–H and O–H groups in total. The molecule has 0 aliphatic rings. The van der Waals surface area contributed by atoms with Gasteiger partial charge in [0, 0.05) is 12.7 Å². The molecule has 7 heteroatoms. The third-order valence-electron chi connectivity index (χ3n) is 2.70. The number of pyridine rings is 1. The number of methoxy groups -OCH3 is 1. The van der Waals surface area contributed by atoms with Crippen molar-refractivity contribution >= 4 is 15.8 Å². The van der Waals surface area contributed by atoms with E-state index in [2.05, 4.69) is 10.3 Å². The Morgan fingerprint density at radius 1 is 1.25 bits per heavy atom. The van der Waals surface area contributed by atoms with Crippen LogP contribution in [0.15, 0.2) is 47.5 Å². The van der Waals surface area contributed by atoms with Gasteiger partial charge in [0.15, 0.2) is 11.6 Å². The van der Waals surface area contributed by atoms with E-state index in [0.29, 0.717) is 18.1 Å². The zero-order chi connectivity index (χ0) is 14.6. The Morgan fingerprint density at radius 2 is 1.95 bits per heavy atom. The van der Waals surface area contributed by atoms with E-state index in [4.69, 9.17) is 9.88 Å². The molecule has 20 heavy (non-hydrogen) atoms. The highest BCUT2D eigenvalue weighted by molar-refractivity contribution is 7.89. The molecule has 2 rings (SSSR count). The second kappa shape index (κ2) is 5.89. The molecule has 1 heterocycles. The van der Waals surface area contributed by atoms with Crippen LogP contribution < -0.4 is 15.2 Å². The number of anilines is 1. The van der Waals surface area contributed by atoms with Gasteiger partial charge in [-0.3, -0.25) is 0 Å². The molecule has 106 valence electrons. The van der Waals surface area contributed by atoms with Crippen molar-refractivity contribution in [1.29, 1.82) is 0 Å². The number of hydrogen-bond donors (Lipinski definition) is 2. The Kier molecular flexibility index (Phi) is 4.21. The first-order chi connectivity index (χ1) is 9.50. The number of benzene rings is 1. The lowest BCUT2D eigenvalue weighted by Crippen LogP contribution is -2.12. The fourth-order valence-corrected chi connectivity index (χ4v) is 2.19. The highest BCUT2D eigenvalue weighted by atomic mass is 32.2. The van der Waals surface area contributed by atoms with Gasteiger partial charge in [-0.25, -0.2) is 18.5 Å². The molecule has 0 saturated heterocycles. The zero-order valence-electron chi connectivity index (χ0n) is 10.9. The Bertz CT molecular complexity index is 684. The molecule has 0 fully saturated rings. The summed E-state index contributed by atoms with van der Waals surface area (Å²) in [7, 11) is -2.08. The van der Waals surface area contributed by atoms with E-state index in [1.165, 1.54) is 12.1 Å². The molecule has 1 aromatic heterocycles. The molecular formula is C13H15N3O3S. The van der Waals surface area contributed by atoms with Crippen LogP contribution in [-0.4, -0.2) is 20.5 Å². The van der Waals surface area contributed by atoms with Crippen LogP contribution >= 0.6 is 0 Å². The molecule has 0 spiro atoms. The van der Waals surface area contributed by atoms with E-state index in [-0.39, 0.29) is 4.90 Å². The molecule has 0 aliphatic heterocycles. The summed E-state index contributed by atoms with van der Waals surface area (Å²) in [5.41, 5.74) is 0.908. The van der Waals surface area contributed by atoms with Crippen LogP contribution in [0, 0.1) is 0 Å². The van der Waals surface area contributed by atoms with Crippen LogP contribution in [0.1, 0.15) is 5.56 Å². The third-order valence-corrected chi connectivity index (χ3v) is 3.63. The molecule has 0 aliphatic carbocycles. The average molecular weight is 293 g/mol. The van der Waals surface area contributed by atoms with E-state index in [1.54, 1.807) is 37.6 Å². The Labute approximate surface area is 117 Å². The Morgan fingerprint density at radius 3 is 2.55 bits per heavy atom. The van der Waals surface area contributed by atoms with Gasteiger partial charge in [0.25, 0.3) is 0 Å². The molecule has 0 bridgehead atoms. The highest BCUT2D eigenvalue weighted by Gasteiger charge is 2.07. The van der Waals surface area contributed by atoms with E-state index in [0.717, 1.165) is 5.56 Å². The van der Waals surface area contributed by atoms with Gasteiger partial charge in [0.05, 0.1) is 12.0 Å². The number of hydrogen-bond acceptors (Lipinski definition) is 5. The predicted molar refractivity (Wildman–Crippen MR) is 75.9 cm³/mol. The lowest BCUT2D eigenvalue weighted by atomic mass is 10.2. The smallest absolute Gasteiger partial charge is 0.238 e. The van der Waals surface area contributed by atoms with Crippen LogP contribution in [-0.2, 0) is 16.6 Å². The van der Waals surface area contributed by atoms with Crippen LogP contribution in [0.2, 0.25) is 0 Å². The summed E-state index contributed by atoms with van der Waals surface area (Å²) in [6.45, 7) is 0.498. The number of nitrogens with zero attached hydrogens (tertiary/aromatic N) is 1. The SMILES string of the molecule is COc1cccnc1NCc1ccc(S(N)(=O)=O)cc1. The summed E-state index contributed by atoms with van der Waals surface area (Å²) in [6, 6.07) is 9.93. The summed E-state index contributed by atoms with van der Waals surface area (Å²) >= 11 is 0. The van der Waals surface area contributed by atoms with Crippen molar-refractivity contribution in [3.63, 3.8) is 0 Å². The normalized spacial score (nSPS) is 11.1. The van der Waals surface area contributed by atoms with Crippen molar-refractivity contribution in [1.82, 2.24) is 4.98 Å². The summed E-state index contributed by atoms with van der Waals surface area (Å²) < 4.78 is 27.5. The summed E-state index contributed by atoms with van der Waals surface area (Å²) in [6.07, 6.45) is 1.66. The summed E-state index contributed by atoms with van der Waals surface area (Å²) in [5, 5.41) is 8.16. The first-order valence-electron chi connectivity index (χ1n) is 5.85. The summed E-state index contributed by atoms with van der Waals surface area (Å²) in [5.74, 6) is 1.28. The number of nitrogens with one attached hydrogen (secondary N) is 1. The maximum atomic E-state index is 11.1. The van der Waals surface area contributed by atoms with Gasteiger partial charge in [-0.2, -0.15) is 0 Å². The van der Waals surface area contributed by atoms with Gasteiger partial charge >= 0.3 is 0 Å². The number of nitrogens with two attached hydrogens (primary N) is 1. The van der Waals surface area contributed by atoms with E-state index in [1.807, 2.05) is 0 Å². The Balaban J connectivity index is 2.08. The minimum Gasteiger partial charge on any atom is -0.493 e. The first kappa shape index (κ1) is 14.3. The van der Waals surface area contributed by atoms with Crippen LogP contribution in [0.3, 0.4) is 0 Å². The number of ether oxygens (including phenoxy) is 1. The molecule has 0 unspecified atom stereocenters. The van der Waals surface area contributed by atoms with E-state index >= 15 is 0 Å². The highest BCUT2D eigenvalue weighted by Crippen LogP contribution is 2.20. The van der Waals surface area contributed by atoms with Crippen molar-refractivity contribution in [2.75, 3.05) is 12.4 Å². The molecule has 0 saturated carbocycles. The molecular weight excluding hydrogens is 278 g/mol. The zero-order valence-corrected chi connectivity index (χ0v) is 11.7. The second-order valence-corrected chi connectivity index (χ2v) is 5.66. The topological polar surface area (TPSA) is 94.3 Å². The van der Waals surface area contributed by atoms with Gasteiger partial charge < -0.3 is 10.1 Å². The van der Waals surface area contributed by atoms with E-state index < -0.39 is 10.0 Å². The lowest BCUT2D eigenvalue weighted by molar-refractivity contribution is 0.415. The quantitative estimate of drug-likeness (QED) is 0.867. The Hall–Kier alpha value is -2.12. The summed E-state index contributed by atoms with van der Waals surface area (Å²) in [4.78, 5) is 4.26. The predicted octanol–water partition coefficient (Wildman–Crippen LogP) is 1.35. The monoisotopic (exact) mass is 293 g/mol. The van der Waals surface area contributed by atoms with Crippen LogP contribution in [0.25, 0.3) is 0 Å². The second-order valence-electron chi connectivity index (χ2n) is 4.10. The molecule has 0 atom stereocenters. The largest absolute Gasteiger partial charge is 0.493 e. The van der Waals surface area contributed by atoms with Crippen molar-refractivity contribution in [2.24, 2.45) is 5.14 Å². The van der Waals surface area contributed by atoms with Gasteiger partial charge in [-0.05, 0) is 29.8 Å². The third kappa shape index (κ3) is 3.46. The molecule has 0 radical (unpaired) electrons. The van der Waals surface area contributed by atoms with E-state index in [9.17, 15) is 8.42 Å². The number of rotatable bonds is 5. The fraction of sp³-hybridized carbons (Fsp3) is 0.154. The molecule has 6 nitrogen and oxygen atoms in total.